The molecular weight excluding hydrogens is 1470 g/mol. The van der Waals surface area contributed by atoms with E-state index in [-0.39, 0.29) is 83.2 Å². The molecule has 32 nitrogen and oxygen atoms in total. The number of nitrogens with two attached hydrogens (primary N) is 2. The van der Waals surface area contributed by atoms with E-state index in [0.29, 0.717) is 110 Å². The lowest BCUT2D eigenvalue weighted by Gasteiger charge is -2.31. The predicted octanol–water partition coefficient (Wildman–Crippen LogP) is 1.36. The summed E-state index contributed by atoms with van der Waals surface area (Å²) in [5.74, 6) is -7.59. The van der Waals surface area contributed by atoms with Crippen LogP contribution < -0.4 is 80.6 Å². The molecule has 0 bridgehead atoms. The van der Waals surface area contributed by atoms with Gasteiger partial charge in [-0.25, -0.2) is 0 Å². The Morgan fingerprint density at radius 2 is 0.947 bits per heavy atom. The number of fused-ring (bicyclic) bond motifs is 1. The van der Waals surface area contributed by atoms with Gasteiger partial charge in [0, 0.05) is 95.8 Å². The van der Waals surface area contributed by atoms with Crippen molar-refractivity contribution in [2.45, 2.75) is 198 Å². The molecule has 0 aliphatic carbocycles. The number of carbonyl (C=O) groups excluding carboxylic acids is 11. The molecule has 0 saturated carbocycles. The van der Waals surface area contributed by atoms with Crippen molar-refractivity contribution >= 4 is 99.3 Å². The Morgan fingerprint density at radius 3 is 1.43 bits per heavy atom. The van der Waals surface area contributed by atoms with Gasteiger partial charge in [0.25, 0.3) is 0 Å². The molecule has 113 heavy (non-hydrogen) atoms. The highest BCUT2D eigenvalue weighted by molar-refractivity contribution is 6.30. The van der Waals surface area contributed by atoms with Crippen LogP contribution in [0.25, 0.3) is 10.8 Å². The summed E-state index contributed by atoms with van der Waals surface area (Å²) in [4.78, 5) is 172. The number of unbranched alkanes of at least 4 members (excludes halogenated alkanes) is 3. The van der Waals surface area contributed by atoms with Crippen LogP contribution in [0.15, 0.2) is 126 Å². The number of aliphatic hydroxyl groups is 1. The molecule has 33 heteroatoms. The monoisotopic (exact) mass is 1580 g/mol. The Kier molecular flexibility index (Phi) is 39.2. The zero-order chi connectivity index (χ0) is 82.2. The molecule has 5 aromatic rings. The fourth-order valence-corrected chi connectivity index (χ4v) is 12.9. The summed E-state index contributed by atoms with van der Waals surface area (Å²) >= 11 is 6.27. The molecule has 1 aliphatic heterocycles. The molecule has 4 aromatic carbocycles. The molecule has 19 N–H and O–H groups in total. The number of aromatic nitrogens is 1. The minimum absolute atomic E-state index is 0.0175. The second kappa shape index (κ2) is 48.7. The minimum Gasteiger partial charge on any atom is -0.508 e. The number of amides is 11. The summed E-state index contributed by atoms with van der Waals surface area (Å²) in [6.07, 6.45) is 5.38. The molecule has 6 rings (SSSR count). The van der Waals surface area contributed by atoms with Gasteiger partial charge in [0.15, 0.2) is 11.9 Å². The summed E-state index contributed by atoms with van der Waals surface area (Å²) in [5, 5.41) is 60.9. The van der Waals surface area contributed by atoms with E-state index in [2.05, 4.69) is 84.1 Å². The zero-order valence-corrected chi connectivity index (χ0v) is 66.2. The standard InChI is InChI=1S/C80H114ClN19O13/c1-7-85-79(86-8-2)89-40-17-14-25-61(70(105)93-60(24-13-16-38-82)71(106)95-62(26-15-18-41-90-80(87-9-3)88-10-4)78(113)100-42-20-27-68(100)77(112)91-50(5)69(83)104)94-73(108)64(45-53-31-36-59(103)37-32-53)98-76(111)67(49-101)99-75(110)66(47-55-21-19-39-84-48-55)97-74(109)65(44-52-29-34-58(81)35-30-52)96-72(107)63(92-51(6)102)46-54-28-33-56-22-11-12-23-57(56)43-54/h11-12,19,21-23,28-37,39,43,48,50,60-68,101,103H,7-10,13-18,20,24-27,38,40-42,44-47,49,82H2,1-6H3,(H2,83,104)(H,91,112)(H,92,102)(H,93,105)(H,94,108)(H,95,106)(H,96,107)(H,97,109)(H,98,111)(H,99,110)(H2,85,86,89)(H2,87,88,90)/t50-,60-,61-,62-,63-,64+,65-,66-,67+,68+/m1/s1. The van der Waals surface area contributed by atoms with Crippen LogP contribution in [0.3, 0.4) is 0 Å². The van der Waals surface area contributed by atoms with E-state index in [0.717, 1.165) is 10.8 Å². The van der Waals surface area contributed by atoms with Crippen LogP contribution in [0.1, 0.15) is 134 Å². The van der Waals surface area contributed by atoms with Gasteiger partial charge in [0.1, 0.15) is 66.2 Å². The van der Waals surface area contributed by atoms with Crippen molar-refractivity contribution in [3.63, 3.8) is 0 Å². The number of hydrogen-bond donors (Lipinski definition) is 17. The molecule has 0 radical (unpaired) electrons. The fourth-order valence-electron chi connectivity index (χ4n) is 12.8. The number of guanidine groups is 2. The lowest BCUT2D eigenvalue weighted by atomic mass is 9.99. The summed E-state index contributed by atoms with van der Waals surface area (Å²) in [6, 6.07) is 15.1. The second-order valence-electron chi connectivity index (χ2n) is 27.7. The quantitative estimate of drug-likeness (QED) is 0.0149. The molecule has 1 aliphatic rings. The summed E-state index contributed by atoms with van der Waals surface area (Å²) in [6.45, 7) is 12.8. The number of aromatic hydroxyl groups is 1. The first-order valence-electron chi connectivity index (χ1n) is 38.9. The van der Waals surface area contributed by atoms with Gasteiger partial charge in [-0.05, 0) is 175 Å². The molecule has 1 fully saturated rings. The average Bonchev–Trinajstić information content (AvgIpc) is 1.81. The van der Waals surface area contributed by atoms with Crippen molar-refractivity contribution in [3.8, 4) is 5.75 Å². The molecule has 2 heterocycles. The number of halogens is 1. The first-order valence-corrected chi connectivity index (χ1v) is 39.3. The first-order chi connectivity index (χ1) is 54.4. The third kappa shape index (κ3) is 31.2. The van der Waals surface area contributed by atoms with Gasteiger partial charge in [-0.1, -0.05) is 84.4 Å². The number of aliphatic imine (C=N–C) groups is 2. The van der Waals surface area contributed by atoms with Crippen LogP contribution in [-0.4, -0.2) is 216 Å². The average molecular weight is 1590 g/mol. The SMILES string of the molecule is CCNC(=NCCCC[C@@H](NC(=O)[C@H](Cc1ccc(O)cc1)NC(=O)[C@H](CO)NC(=O)[C@@H](Cc1cccnc1)NC(=O)[C@@H](Cc1ccc(Cl)cc1)NC(=O)[C@@H](Cc1ccc2ccccc2c1)NC(C)=O)C(=O)N[C@H](CCCCN)C(=O)N[C@H](CCCCN=C(NCC)NCC)C(=O)N1CCC[C@H]1C(=O)N[C@H](C)C(N)=O)NCC. The smallest absolute Gasteiger partial charge is 0.245 e. The maximum absolute atomic E-state index is 15.2. The molecule has 1 saturated heterocycles. The summed E-state index contributed by atoms with van der Waals surface area (Å²) < 4.78 is 0. The first kappa shape index (κ1) is 90.9. The van der Waals surface area contributed by atoms with Gasteiger partial charge in [0.2, 0.25) is 65.0 Å². The number of nitrogens with zero attached hydrogens (tertiary/aromatic N) is 4. The third-order valence-corrected chi connectivity index (χ3v) is 19.0. The third-order valence-electron chi connectivity index (χ3n) is 18.7. The Balaban J connectivity index is 1.30. The van der Waals surface area contributed by atoms with Crippen molar-refractivity contribution in [1.29, 1.82) is 0 Å². The molecular formula is C80H114ClN19O13. The number of aliphatic hydroxyl groups excluding tert-OH is 1. The number of primary amides is 1. The highest BCUT2D eigenvalue weighted by atomic mass is 35.5. The van der Waals surface area contributed by atoms with E-state index in [9.17, 15) is 53.4 Å². The topological polar surface area (TPSA) is 478 Å². The Morgan fingerprint density at radius 1 is 0.513 bits per heavy atom. The summed E-state index contributed by atoms with van der Waals surface area (Å²) in [7, 11) is 0. The number of benzene rings is 4. The van der Waals surface area contributed by atoms with Crippen molar-refractivity contribution in [1.82, 2.24) is 79.0 Å². The van der Waals surface area contributed by atoms with Gasteiger partial charge in [-0.15, -0.1) is 0 Å². The zero-order valence-electron chi connectivity index (χ0n) is 65.4. The predicted molar refractivity (Wildman–Crippen MR) is 432 cm³/mol. The molecule has 11 amide bonds. The number of carbonyl (C=O) groups is 11. The number of rotatable bonds is 46. The molecule has 10 atom stereocenters. The maximum Gasteiger partial charge on any atom is 0.245 e. The van der Waals surface area contributed by atoms with Gasteiger partial charge >= 0.3 is 0 Å². The number of likely N-dealkylation sites (tertiary alicyclic amines) is 1. The summed E-state index contributed by atoms with van der Waals surface area (Å²) in [5.41, 5.74) is 13.6. The van der Waals surface area contributed by atoms with Gasteiger partial charge < -0.3 is 95.7 Å². The van der Waals surface area contributed by atoms with Crippen molar-refractivity contribution in [3.05, 3.63) is 143 Å². The van der Waals surface area contributed by atoms with Crippen LogP contribution in [0.2, 0.25) is 5.02 Å². The lowest BCUT2D eigenvalue weighted by Crippen LogP contribution is -2.61. The Hall–Kier alpha value is -11.0. The van der Waals surface area contributed by atoms with Crippen molar-refractivity contribution < 1.29 is 63.0 Å². The van der Waals surface area contributed by atoms with E-state index >= 15 is 9.59 Å². The van der Waals surface area contributed by atoms with E-state index in [1.165, 1.54) is 55.4 Å². The van der Waals surface area contributed by atoms with E-state index < -0.39 is 132 Å². The molecule has 1 aromatic heterocycles. The van der Waals surface area contributed by atoms with Crippen LogP contribution in [0, 0.1) is 0 Å². The second-order valence-corrected chi connectivity index (χ2v) is 28.1. The van der Waals surface area contributed by atoms with Crippen molar-refractivity contribution in [2.24, 2.45) is 21.5 Å². The molecule has 0 spiro atoms. The Bertz CT molecular complexity index is 3970. The maximum atomic E-state index is 15.2. The van der Waals surface area contributed by atoms with Gasteiger partial charge in [0.05, 0.1) is 6.61 Å². The minimum atomic E-state index is -1.83. The lowest BCUT2D eigenvalue weighted by molar-refractivity contribution is -0.142. The molecule has 614 valence electrons. The van der Waals surface area contributed by atoms with Crippen LogP contribution in [-0.2, 0) is 78.4 Å². The van der Waals surface area contributed by atoms with E-state index in [1.54, 1.807) is 36.4 Å². The highest BCUT2D eigenvalue weighted by Crippen LogP contribution is 2.23. The number of phenols is 1. The normalized spacial score (nSPS) is 14.7. The van der Waals surface area contributed by atoms with Crippen LogP contribution in [0.5, 0.6) is 5.75 Å². The number of nitrogens with one attached hydrogen (secondary N) is 13. The van der Waals surface area contributed by atoms with Crippen molar-refractivity contribution in [2.75, 3.05) is 59.0 Å². The van der Waals surface area contributed by atoms with Gasteiger partial charge in [-0.2, -0.15) is 0 Å². The number of pyridine rings is 1. The van der Waals surface area contributed by atoms with Crippen LogP contribution in [0.4, 0.5) is 0 Å². The van der Waals surface area contributed by atoms with Crippen LogP contribution >= 0.6 is 11.6 Å². The Labute approximate surface area is 665 Å². The van der Waals surface area contributed by atoms with E-state index in [1.807, 2.05) is 70.2 Å². The number of phenolic OH excluding ortho intramolecular Hbond substituents is 1. The molecule has 0 unspecified atom stereocenters. The van der Waals surface area contributed by atoms with Gasteiger partial charge in [-0.3, -0.25) is 67.7 Å². The largest absolute Gasteiger partial charge is 0.508 e. The highest BCUT2D eigenvalue weighted by Gasteiger charge is 2.40. The number of hydrogen-bond acceptors (Lipinski definition) is 17. The fraction of sp³-hybridized carbons (Fsp3) is 0.500. The van der Waals surface area contributed by atoms with E-state index in [4.69, 9.17) is 23.1 Å².